The van der Waals surface area contributed by atoms with Gasteiger partial charge in [0.25, 0.3) is 5.91 Å². The largest absolute Gasteiger partial charge is 0.410 e. The van der Waals surface area contributed by atoms with Crippen LogP contribution in [-0.2, 0) is 0 Å². The fraction of sp³-hybridized carbons (Fsp3) is 0.455. The highest BCUT2D eigenvalue weighted by molar-refractivity contribution is 8.02. The first-order chi connectivity index (χ1) is 16.6. The zero-order valence-corrected chi connectivity index (χ0v) is 21.0. The number of aliphatic imine (C=N–C) groups is 1. The topological polar surface area (TPSA) is 94.0 Å². The lowest BCUT2D eigenvalue weighted by molar-refractivity contribution is -0.189. The molecule has 0 spiro atoms. The van der Waals surface area contributed by atoms with Crippen LogP contribution < -0.4 is 5.32 Å². The summed E-state index contributed by atoms with van der Waals surface area (Å²) in [5, 5.41) is 14.9. The van der Waals surface area contributed by atoms with E-state index in [1.165, 1.54) is 28.9 Å². The standard InChI is InChI=1S/C22H27F3N6O2S2/c1-14-20(35-15(2)29-14)17(26-3)12-34-13-28-19-5-4-16(10-27-19)21(33)31-7-6-30(8-9-32)11-18(31)22(23,24)25/h4-5,10,12,18,32H,3,6-9,11,13H2,1-2H3,(H,27,28)/b17-12-. The van der Waals surface area contributed by atoms with E-state index in [-0.39, 0.29) is 38.3 Å². The number of aromatic nitrogens is 2. The van der Waals surface area contributed by atoms with E-state index >= 15 is 0 Å². The molecule has 0 bridgehead atoms. The van der Waals surface area contributed by atoms with Gasteiger partial charge in [-0.25, -0.2) is 9.97 Å². The zero-order valence-electron chi connectivity index (χ0n) is 19.4. The van der Waals surface area contributed by atoms with Gasteiger partial charge >= 0.3 is 6.18 Å². The molecule has 0 aliphatic carbocycles. The summed E-state index contributed by atoms with van der Waals surface area (Å²) in [4.78, 5) is 28.8. The van der Waals surface area contributed by atoms with Crippen molar-refractivity contribution in [2.75, 3.05) is 44.0 Å². The summed E-state index contributed by atoms with van der Waals surface area (Å²) in [5.74, 6) is 0.226. The minimum Gasteiger partial charge on any atom is -0.395 e. The number of aryl methyl sites for hydroxylation is 2. The van der Waals surface area contributed by atoms with E-state index in [0.717, 1.165) is 26.2 Å². The van der Waals surface area contributed by atoms with Crippen molar-refractivity contribution in [3.8, 4) is 0 Å². The van der Waals surface area contributed by atoms with Gasteiger partial charge in [-0.15, -0.1) is 23.1 Å². The molecule has 1 atom stereocenters. The Morgan fingerprint density at radius 1 is 1.40 bits per heavy atom. The third kappa shape index (κ3) is 7.03. The number of thiazole rings is 1. The van der Waals surface area contributed by atoms with Crippen molar-refractivity contribution in [1.82, 2.24) is 19.8 Å². The number of thioether (sulfide) groups is 1. The molecule has 8 nitrogen and oxygen atoms in total. The number of carbonyl (C=O) groups excluding carboxylic acids is 1. The number of pyridine rings is 1. The van der Waals surface area contributed by atoms with Gasteiger partial charge < -0.3 is 15.3 Å². The van der Waals surface area contributed by atoms with Gasteiger partial charge in [-0.1, -0.05) is 0 Å². The number of hydrogen-bond acceptors (Lipinski definition) is 9. The molecule has 13 heteroatoms. The number of alkyl halides is 3. The molecule has 35 heavy (non-hydrogen) atoms. The Balaban J connectivity index is 1.59. The van der Waals surface area contributed by atoms with Crippen molar-refractivity contribution in [2.24, 2.45) is 4.99 Å². The number of amides is 1. The number of hydrogen-bond donors (Lipinski definition) is 2. The van der Waals surface area contributed by atoms with Gasteiger partial charge in [0.2, 0.25) is 0 Å². The number of rotatable bonds is 9. The van der Waals surface area contributed by atoms with E-state index < -0.39 is 18.1 Å². The number of aliphatic hydroxyl groups excluding tert-OH is 1. The molecule has 2 aromatic heterocycles. The molecule has 0 saturated carbocycles. The maximum Gasteiger partial charge on any atom is 0.410 e. The number of anilines is 1. The molecule has 1 aliphatic heterocycles. The molecular formula is C22H27F3N6O2S2. The first-order valence-corrected chi connectivity index (χ1v) is 12.6. The summed E-state index contributed by atoms with van der Waals surface area (Å²) in [6, 6.07) is 1.09. The first kappa shape index (κ1) is 27.1. The summed E-state index contributed by atoms with van der Waals surface area (Å²) >= 11 is 2.99. The molecule has 1 fully saturated rings. The Hall–Kier alpha value is -2.48. The quantitative estimate of drug-likeness (QED) is 0.292. The van der Waals surface area contributed by atoms with Gasteiger partial charge in [-0.05, 0) is 38.1 Å². The minimum atomic E-state index is -4.57. The SMILES string of the molecule is C=N/C(=C\SCNc1ccc(C(=O)N2CCN(CCO)CC2C(F)(F)F)cn1)c1sc(C)nc1C. The van der Waals surface area contributed by atoms with E-state index in [9.17, 15) is 18.0 Å². The fourth-order valence-corrected chi connectivity index (χ4v) is 5.30. The molecular weight excluding hydrogens is 501 g/mol. The Morgan fingerprint density at radius 2 is 2.17 bits per heavy atom. The van der Waals surface area contributed by atoms with Gasteiger partial charge in [-0.2, -0.15) is 13.2 Å². The van der Waals surface area contributed by atoms with Gasteiger partial charge in [0.05, 0.1) is 39.3 Å². The Morgan fingerprint density at radius 3 is 2.74 bits per heavy atom. The highest BCUT2D eigenvalue weighted by atomic mass is 32.2. The number of nitrogens with one attached hydrogen (secondary N) is 1. The molecule has 3 heterocycles. The minimum absolute atomic E-state index is 0.0790. The fourth-order valence-electron chi connectivity index (χ4n) is 3.67. The molecule has 190 valence electrons. The van der Waals surface area contributed by atoms with Crippen molar-refractivity contribution in [1.29, 1.82) is 0 Å². The van der Waals surface area contributed by atoms with Crippen molar-refractivity contribution < 1.29 is 23.1 Å². The molecule has 0 radical (unpaired) electrons. The Bertz CT molecular complexity index is 1060. The Kier molecular flexibility index (Phi) is 9.27. The van der Waals surface area contributed by atoms with Crippen LogP contribution >= 0.6 is 23.1 Å². The zero-order chi connectivity index (χ0) is 25.6. The van der Waals surface area contributed by atoms with Crippen LogP contribution in [0, 0.1) is 13.8 Å². The van der Waals surface area contributed by atoms with E-state index in [1.807, 2.05) is 19.3 Å². The number of aliphatic hydroxyl groups is 1. The van der Waals surface area contributed by atoms with Crippen LogP contribution in [0.3, 0.4) is 0 Å². The second kappa shape index (κ2) is 12.0. The van der Waals surface area contributed by atoms with E-state index in [4.69, 9.17) is 5.11 Å². The molecule has 1 amide bonds. The summed E-state index contributed by atoms with van der Waals surface area (Å²) in [6.07, 6.45) is -3.29. The van der Waals surface area contributed by atoms with Crippen LogP contribution in [0.25, 0.3) is 5.70 Å². The number of piperazine rings is 1. The lowest BCUT2D eigenvalue weighted by Crippen LogP contribution is -2.60. The summed E-state index contributed by atoms with van der Waals surface area (Å²) in [5.41, 5.74) is 1.71. The molecule has 3 rings (SSSR count). The first-order valence-electron chi connectivity index (χ1n) is 10.8. The molecule has 2 N–H and O–H groups in total. The smallest absolute Gasteiger partial charge is 0.395 e. The third-order valence-corrected chi connectivity index (χ3v) is 7.16. The van der Waals surface area contributed by atoms with E-state index in [1.54, 1.807) is 17.4 Å². The van der Waals surface area contributed by atoms with Crippen LogP contribution in [0.15, 0.2) is 28.7 Å². The maximum absolute atomic E-state index is 13.6. The normalized spacial score (nSPS) is 17.5. The van der Waals surface area contributed by atoms with E-state index in [0.29, 0.717) is 11.7 Å². The van der Waals surface area contributed by atoms with Crippen molar-refractivity contribution >= 4 is 47.2 Å². The van der Waals surface area contributed by atoms with Crippen LogP contribution in [0.2, 0.25) is 0 Å². The lowest BCUT2D eigenvalue weighted by Gasteiger charge is -2.41. The van der Waals surface area contributed by atoms with Crippen molar-refractivity contribution in [3.05, 3.63) is 44.9 Å². The van der Waals surface area contributed by atoms with Gasteiger partial charge in [0.15, 0.2) is 0 Å². The third-order valence-electron chi connectivity index (χ3n) is 5.37. The highest BCUT2D eigenvalue weighted by Gasteiger charge is 2.48. The lowest BCUT2D eigenvalue weighted by atomic mass is 10.1. The van der Waals surface area contributed by atoms with Crippen LogP contribution in [0.1, 0.15) is 25.9 Å². The summed E-state index contributed by atoms with van der Waals surface area (Å²) in [7, 11) is 0. The molecule has 1 saturated heterocycles. The predicted octanol–water partition coefficient (Wildman–Crippen LogP) is 3.64. The monoisotopic (exact) mass is 528 g/mol. The average molecular weight is 529 g/mol. The predicted molar refractivity (Wildman–Crippen MR) is 134 cm³/mol. The number of nitrogens with zero attached hydrogens (tertiary/aromatic N) is 5. The second-order valence-corrected chi connectivity index (χ2v) is 9.87. The maximum atomic E-state index is 13.6. The van der Waals surface area contributed by atoms with Gasteiger partial charge in [0, 0.05) is 32.4 Å². The van der Waals surface area contributed by atoms with Gasteiger partial charge in [-0.3, -0.25) is 14.7 Å². The van der Waals surface area contributed by atoms with Crippen LogP contribution in [0.5, 0.6) is 0 Å². The summed E-state index contributed by atoms with van der Waals surface area (Å²) < 4.78 is 40.8. The highest BCUT2D eigenvalue weighted by Crippen LogP contribution is 2.30. The van der Waals surface area contributed by atoms with Crippen LogP contribution in [0.4, 0.5) is 19.0 Å². The molecule has 0 aromatic carbocycles. The van der Waals surface area contributed by atoms with Gasteiger partial charge in [0.1, 0.15) is 11.9 Å². The van der Waals surface area contributed by atoms with Crippen molar-refractivity contribution in [3.63, 3.8) is 0 Å². The Labute approximate surface area is 210 Å². The number of β-amino-alcohol motifs (C(OH)–C–C–N with tert-alkyl or cyclic N) is 1. The molecule has 2 aromatic rings. The summed E-state index contributed by atoms with van der Waals surface area (Å²) in [6.45, 7) is 7.18. The number of carbonyl (C=O) groups is 1. The van der Waals surface area contributed by atoms with Crippen molar-refractivity contribution in [2.45, 2.75) is 26.1 Å². The van der Waals surface area contributed by atoms with E-state index in [2.05, 4.69) is 27.0 Å². The average Bonchev–Trinajstić information content (AvgIpc) is 3.16. The number of halogens is 3. The second-order valence-electron chi connectivity index (χ2n) is 7.81. The van der Waals surface area contributed by atoms with Crippen LogP contribution in [-0.4, -0.2) is 88.4 Å². The molecule has 1 aliphatic rings. The molecule has 1 unspecified atom stereocenters.